The smallest absolute Gasteiger partial charge is 0.257 e. The van der Waals surface area contributed by atoms with Gasteiger partial charge in [-0.15, -0.1) is 0 Å². The molecule has 0 saturated carbocycles. The van der Waals surface area contributed by atoms with Crippen molar-refractivity contribution < 1.29 is 9.21 Å². The van der Waals surface area contributed by atoms with Crippen LogP contribution in [0.4, 0.5) is 0 Å². The molecule has 82 valence electrons. The van der Waals surface area contributed by atoms with Crippen LogP contribution in [0.1, 0.15) is 21.6 Å². The van der Waals surface area contributed by atoms with Gasteiger partial charge in [0.2, 0.25) is 0 Å². The number of furan rings is 1. The molecule has 5 heteroatoms. The van der Waals surface area contributed by atoms with E-state index in [0.29, 0.717) is 12.1 Å². The van der Waals surface area contributed by atoms with Crippen molar-refractivity contribution in [3.63, 3.8) is 0 Å². The summed E-state index contributed by atoms with van der Waals surface area (Å²) in [4.78, 5) is 13.8. The number of carbonyl (C=O) groups excluding carboxylic acids is 1. The number of rotatable bonds is 1. The van der Waals surface area contributed by atoms with Crippen LogP contribution in [0.2, 0.25) is 0 Å². The second-order valence-electron chi connectivity index (χ2n) is 3.86. The van der Waals surface area contributed by atoms with E-state index in [2.05, 4.69) is 10.2 Å². The Morgan fingerprint density at radius 2 is 2.50 bits per heavy atom. The number of hydrogen-bond acceptors (Lipinski definition) is 3. The molecule has 3 heterocycles. The van der Waals surface area contributed by atoms with E-state index in [4.69, 9.17) is 4.42 Å². The molecule has 2 aromatic heterocycles. The third-order valence-electron chi connectivity index (χ3n) is 2.86. The van der Waals surface area contributed by atoms with Gasteiger partial charge in [-0.25, -0.2) is 0 Å². The van der Waals surface area contributed by atoms with Crippen molar-refractivity contribution in [3.05, 3.63) is 41.6 Å². The molecule has 0 spiro atoms. The summed E-state index contributed by atoms with van der Waals surface area (Å²) < 4.78 is 4.91. The molecule has 3 rings (SSSR count). The molecule has 0 atom stereocenters. The molecule has 0 fully saturated rings. The Hall–Kier alpha value is -2.04. The zero-order valence-corrected chi connectivity index (χ0v) is 8.64. The van der Waals surface area contributed by atoms with E-state index < -0.39 is 0 Å². The Morgan fingerprint density at radius 3 is 3.31 bits per heavy atom. The van der Waals surface area contributed by atoms with Crippen LogP contribution in [0.25, 0.3) is 0 Å². The lowest BCUT2D eigenvalue weighted by Gasteiger charge is -2.25. The van der Waals surface area contributed by atoms with Crippen molar-refractivity contribution in [1.82, 2.24) is 15.1 Å². The Kier molecular flexibility index (Phi) is 2.02. The van der Waals surface area contributed by atoms with E-state index in [1.54, 1.807) is 12.3 Å². The quantitative estimate of drug-likeness (QED) is 0.780. The molecule has 0 radical (unpaired) electrons. The standard InChI is InChI=1S/C11H11N3O2/c15-11(8-2-4-16-7-8)14-3-1-10-9(6-14)5-12-13-10/h2,4-5,7H,1,3,6H2,(H,12,13). The average Bonchev–Trinajstić information content (AvgIpc) is 2.98. The Labute approximate surface area is 92.1 Å². The highest BCUT2D eigenvalue weighted by Gasteiger charge is 2.23. The highest BCUT2D eigenvalue weighted by atomic mass is 16.3. The predicted molar refractivity (Wildman–Crippen MR) is 55.7 cm³/mol. The molecule has 0 saturated heterocycles. The predicted octanol–water partition coefficient (Wildman–Crippen LogP) is 1.20. The van der Waals surface area contributed by atoms with Crippen molar-refractivity contribution >= 4 is 5.91 Å². The zero-order valence-electron chi connectivity index (χ0n) is 8.64. The summed E-state index contributed by atoms with van der Waals surface area (Å²) in [5, 5.41) is 6.92. The molecule has 0 aliphatic carbocycles. The number of H-pyrrole nitrogens is 1. The van der Waals surface area contributed by atoms with Crippen molar-refractivity contribution in [1.29, 1.82) is 0 Å². The van der Waals surface area contributed by atoms with E-state index in [0.717, 1.165) is 24.2 Å². The SMILES string of the molecule is O=C(c1ccoc1)N1CCc2[nH]ncc2C1. The Bertz CT molecular complexity index is 501. The van der Waals surface area contributed by atoms with E-state index in [9.17, 15) is 4.79 Å². The lowest BCUT2D eigenvalue weighted by atomic mass is 10.1. The molecule has 5 nitrogen and oxygen atoms in total. The van der Waals surface area contributed by atoms with Gasteiger partial charge in [0, 0.05) is 30.8 Å². The highest BCUT2D eigenvalue weighted by Crippen LogP contribution is 2.18. The molecule has 0 bridgehead atoms. The summed E-state index contributed by atoms with van der Waals surface area (Å²) in [7, 11) is 0. The number of amides is 1. The number of aromatic nitrogens is 2. The largest absolute Gasteiger partial charge is 0.472 e. The first-order valence-corrected chi connectivity index (χ1v) is 5.17. The maximum Gasteiger partial charge on any atom is 0.257 e. The molecule has 2 aromatic rings. The zero-order chi connectivity index (χ0) is 11.0. The topological polar surface area (TPSA) is 62.1 Å². The van der Waals surface area contributed by atoms with E-state index >= 15 is 0 Å². The maximum atomic E-state index is 12.0. The maximum absolute atomic E-state index is 12.0. The first-order valence-electron chi connectivity index (χ1n) is 5.17. The van der Waals surface area contributed by atoms with E-state index in [-0.39, 0.29) is 5.91 Å². The molecule has 1 aliphatic heterocycles. The van der Waals surface area contributed by atoms with Gasteiger partial charge in [0.15, 0.2) is 0 Å². The van der Waals surface area contributed by atoms with E-state index in [1.807, 2.05) is 4.90 Å². The summed E-state index contributed by atoms with van der Waals surface area (Å²) in [6.45, 7) is 1.34. The van der Waals surface area contributed by atoms with Gasteiger partial charge < -0.3 is 9.32 Å². The number of aromatic amines is 1. The van der Waals surface area contributed by atoms with Crippen LogP contribution in [0.3, 0.4) is 0 Å². The van der Waals surface area contributed by atoms with Crippen LogP contribution < -0.4 is 0 Å². The summed E-state index contributed by atoms with van der Waals surface area (Å²) >= 11 is 0. The van der Waals surface area contributed by atoms with Gasteiger partial charge in [-0.1, -0.05) is 0 Å². The monoisotopic (exact) mass is 217 g/mol. The minimum atomic E-state index is 0.0144. The fourth-order valence-corrected chi connectivity index (χ4v) is 1.96. The molecule has 0 aromatic carbocycles. The van der Waals surface area contributed by atoms with Crippen molar-refractivity contribution in [2.24, 2.45) is 0 Å². The number of hydrogen-bond donors (Lipinski definition) is 1. The van der Waals surface area contributed by atoms with Crippen LogP contribution in [0, 0.1) is 0 Å². The lowest BCUT2D eigenvalue weighted by Crippen LogP contribution is -2.35. The molecule has 16 heavy (non-hydrogen) atoms. The van der Waals surface area contributed by atoms with Gasteiger partial charge in [-0.3, -0.25) is 9.89 Å². The van der Waals surface area contributed by atoms with Crippen LogP contribution in [-0.2, 0) is 13.0 Å². The third kappa shape index (κ3) is 1.41. The summed E-state index contributed by atoms with van der Waals surface area (Å²) in [6.07, 6.45) is 5.61. The summed E-state index contributed by atoms with van der Waals surface area (Å²) in [6, 6.07) is 1.69. The minimum absolute atomic E-state index is 0.0144. The second kappa shape index (κ2) is 3.52. The van der Waals surface area contributed by atoms with Gasteiger partial charge in [-0.05, 0) is 6.07 Å². The molecule has 1 N–H and O–H groups in total. The second-order valence-corrected chi connectivity index (χ2v) is 3.86. The van der Waals surface area contributed by atoms with Gasteiger partial charge in [0.05, 0.1) is 18.0 Å². The minimum Gasteiger partial charge on any atom is -0.472 e. The molecular weight excluding hydrogens is 206 g/mol. The highest BCUT2D eigenvalue weighted by molar-refractivity contribution is 5.93. The lowest BCUT2D eigenvalue weighted by molar-refractivity contribution is 0.0733. The van der Waals surface area contributed by atoms with Gasteiger partial charge >= 0.3 is 0 Å². The van der Waals surface area contributed by atoms with Crippen LogP contribution >= 0.6 is 0 Å². The van der Waals surface area contributed by atoms with Crippen molar-refractivity contribution in [2.75, 3.05) is 6.54 Å². The van der Waals surface area contributed by atoms with Crippen molar-refractivity contribution in [3.8, 4) is 0 Å². The fraction of sp³-hybridized carbons (Fsp3) is 0.273. The van der Waals surface area contributed by atoms with Crippen LogP contribution in [0.15, 0.2) is 29.2 Å². The Morgan fingerprint density at radius 1 is 1.56 bits per heavy atom. The Balaban J connectivity index is 1.81. The third-order valence-corrected chi connectivity index (χ3v) is 2.86. The first-order chi connectivity index (χ1) is 7.84. The number of carbonyl (C=O) groups is 1. The van der Waals surface area contributed by atoms with E-state index in [1.165, 1.54) is 12.5 Å². The van der Waals surface area contributed by atoms with Crippen LogP contribution in [0.5, 0.6) is 0 Å². The fourth-order valence-electron chi connectivity index (χ4n) is 1.96. The van der Waals surface area contributed by atoms with Gasteiger partial charge in [-0.2, -0.15) is 5.10 Å². The summed E-state index contributed by atoms with van der Waals surface area (Å²) in [5.74, 6) is 0.0144. The van der Waals surface area contributed by atoms with Gasteiger partial charge in [0.1, 0.15) is 6.26 Å². The summed E-state index contributed by atoms with van der Waals surface area (Å²) in [5.41, 5.74) is 2.84. The molecule has 0 unspecified atom stereocenters. The normalized spacial score (nSPS) is 14.9. The number of nitrogens with zero attached hydrogens (tertiary/aromatic N) is 2. The molecule has 1 amide bonds. The van der Waals surface area contributed by atoms with Crippen molar-refractivity contribution in [2.45, 2.75) is 13.0 Å². The molecular formula is C11H11N3O2. The van der Waals surface area contributed by atoms with Crippen LogP contribution in [-0.4, -0.2) is 27.5 Å². The van der Waals surface area contributed by atoms with Gasteiger partial charge in [0.25, 0.3) is 5.91 Å². The number of fused-ring (bicyclic) bond motifs is 1. The number of nitrogens with one attached hydrogen (secondary N) is 1. The molecule has 1 aliphatic rings. The average molecular weight is 217 g/mol. The first kappa shape index (κ1) is 9.21.